The predicted molar refractivity (Wildman–Crippen MR) is 119 cm³/mol. The number of para-hydroxylation sites is 1. The fourth-order valence-corrected chi connectivity index (χ4v) is 3.76. The zero-order chi connectivity index (χ0) is 21.4. The van der Waals surface area contributed by atoms with Gasteiger partial charge in [0.25, 0.3) is 5.56 Å². The summed E-state index contributed by atoms with van der Waals surface area (Å²) in [6, 6.07) is 18.9. The standard InChI is InChI=1S/C24H18FN5O/c1-15(29-23-22-20(27-14-28-23)11-6-12-26-22)21-13-18-17(9-5-10-19(18)25)24(31)30(21)16-7-3-2-4-8-16/h2-15H,1H3,(H,27,28,29). The third-order valence-electron chi connectivity index (χ3n) is 5.24. The second kappa shape index (κ2) is 7.60. The van der Waals surface area contributed by atoms with Gasteiger partial charge in [-0.05, 0) is 49.4 Å². The Morgan fingerprint density at radius 3 is 2.61 bits per heavy atom. The van der Waals surface area contributed by atoms with Gasteiger partial charge in [-0.25, -0.2) is 14.4 Å². The molecule has 5 aromatic rings. The maximum absolute atomic E-state index is 14.6. The van der Waals surface area contributed by atoms with Crippen LogP contribution in [0.1, 0.15) is 18.7 Å². The van der Waals surface area contributed by atoms with E-state index in [1.807, 2.05) is 49.4 Å². The molecule has 0 saturated carbocycles. The fourth-order valence-electron chi connectivity index (χ4n) is 3.76. The van der Waals surface area contributed by atoms with Crippen molar-refractivity contribution in [3.63, 3.8) is 0 Å². The monoisotopic (exact) mass is 411 g/mol. The lowest BCUT2D eigenvalue weighted by molar-refractivity contribution is 0.638. The first-order valence-electron chi connectivity index (χ1n) is 9.85. The number of hydrogen-bond donors (Lipinski definition) is 1. The van der Waals surface area contributed by atoms with Crippen LogP contribution in [0.3, 0.4) is 0 Å². The number of benzene rings is 2. The molecule has 1 N–H and O–H groups in total. The predicted octanol–water partition coefficient (Wildman–Crippen LogP) is 4.64. The minimum absolute atomic E-state index is 0.280. The van der Waals surface area contributed by atoms with Crippen molar-refractivity contribution < 1.29 is 4.39 Å². The third kappa shape index (κ3) is 3.30. The van der Waals surface area contributed by atoms with E-state index in [1.54, 1.807) is 29.0 Å². The van der Waals surface area contributed by atoms with Gasteiger partial charge >= 0.3 is 0 Å². The van der Waals surface area contributed by atoms with E-state index < -0.39 is 5.82 Å². The summed E-state index contributed by atoms with van der Waals surface area (Å²) < 4.78 is 16.2. The van der Waals surface area contributed by atoms with Gasteiger partial charge in [0.15, 0.2) is 5.82 Å². The largest absolute Gasteiger partial charge is 0.360 e. The molecule has 2 aromatic carbocycles. The lowest BCUT2D eigenvalue weighted by Gasteiger charge is -2.21. The van der Waals surface area contributed by atoms with Crippen molar-refractivity contribution in [2.45, 2.75) is 13.0 Å². The second-order valence-electron chi connectivity index (χ2n) is 7.21. The summed E-state index contributed by atoms with van der Waals surface area (Å²) in [5.74, 6) is 0.108. The number of hydrogen-bond acceptors (Lipinski definition) is 5. The molecule has 3 heterocycles. The van der Waals surface area contributed by atoms with Crippen LogP contribution in [0.25, 0.3) is 27.5 Å². The molecule has 0 bridgehead atoms. The van der Waals surface area contributed by atoms with E-state index in [2.05, 4.69) is 20.3 Å². The van der Waals surface area contributed by atoms with Crippen molar-refractivity contribution in [3.05, 3.63) is 101 Å². The number of anilines is 1. The van der Waals surface area contributed by atoms with E-state index in [4.69, 9.17) is 0 Å². The quantitative estimate of drug-likeness (QED) is 0.466. The molecule has 0 spiro atoms. The van der Waals surface area contributed by atoms with Crippen molar-refractivity contribution in [3.8, 4) is 5.69 Å². The van der Waals surface area contributed by atoms with Crippen molar-refractivity contribution in [2.75, 3.05) is 5.32 Å². The minimum Gasteiger partial charge on any atom is -0.360 e. The molecule has 1 atom stereocenters. The molecular formula is C24H18FN5O. The van der Waals surface area contributed by atoms with Gasteiger partial charge in [-0.1, -0.05) is 24.3 Å². The van der Waals surface area contributed by atoms with E-state index in [0.29, 0.717) is 33.6 Å². The normalized spacial score (nSPS) is 12.2. The zero-order valence-electron chi connectivity index (χ0n) is 16.7. The third-order valence-corrected chi connectivity index (χ3v) is 5.24. The number of fused-ring (bicyclic) bond motifs is 2. The first-order valence-corrected chi connectivity index (χ1v) is 9.85. The summed E-state index contributed by atoms with van der Waals surface area (Å²) in [5, 5.41) is 3.94. The second-order valence-corrected chi connectivity index (χ2v) is 7.21. The van der Waals surface area contributed by atoms with Gasteiger partial charge in [0.2, 0.25) is 0 Å². The molecule has 1 unspecified atom stereocenters. The summed E-state index contributed by atoms with van der Waals surface area (Å²) in [6.07, 6.45) is 3.14. The maximum Gasteiger partial charge on any atom is 0.263 e. The Hall–Kier alpha value is -4.13. The van der Waals surface area contributed by atoms with Crippen LogP contribution in [-0.4, -0.2) is 19.5 Å². The summed E-state index contributed by atoms with van der Waals surface area (Å²) in [6.45, 7) is 1.90. The van der Waals surface area contributed by atoms with Crippen LogP contribution in [-0.2, 0) is 0 Å². The zero-order valence-corrected chi connectivity index (χ0v) is 16.7. The van der Waals surface area contributed by atoms with Crippen molar-refractivity contribution in [2.24, 2.45) is 0 Å². The van der Waals surface area contributed by atoms with Gasteiger partial charge in [0.1, 0.15) is 17.7 Å². The van der Waals surface area contributed by atoms with Gasteiger partial charge in [-0.15, -0.1) is 0 Å². The fraction of sp³-hybridized carbons (Fsp3) is 0.0833. The van der Waals surface area contributed by atoms with Gasteiger partial charge in [-0.2, -0.15) is 0 Å². The molecule has 0 fully saturated rings. The van der Waals surface area contributed by atoms with Gasteiger partial charge < -0.3 is 5.32 Å². The molecule has 5 rings (SSSR count). The Labute approximate surface area is 177 Å². The molecule has 0 radical (unpaired) electrons. The molecule has 7 heteroatoms. The van der Waals surface area contributed by atoms with E-state index in [0.717, 1.165) is 0 Å². The lowest BCUT2D eigenvalue weighted by Crippen LogP contribution is -2.26. The molecule has 31 heavy (non-hydrogen) atoms. The Balaban J connectivity index is 1.71. The van der Waals surface area contributed by atoms with E-state index >= 15 is 0 Å². The van der Waals surface area contributed by atoms with Gasteiger partial charge in [0.05, 0.1) is 16.9 Å². The van der Waals surface area contributed by atoms with Crippen molar-refractivity contribution in [1.82, 2.24) is 19.5 Å². The van der Waals surface area contributed by atoms with Crippen LogP contribution in [0.15, 0.2) is 84.0 Å². The van der Waals surface area contributed by atoms with Gasteiger partial charge in [0, 0.05) is 23.0 Å². The highest BCUT2D eigenvalue weighted by Gasteiger charge is 2.19. The number of rotatable bonds is 4. The Bertz CT molecular complexity index is 1460. The highest BCUT2D eigenvalue weighted by Crippen LogP contribution is 2.26. The average molecular weight is 411 g/mol. The van der Waals surface area contributed by atoms with Crippen LogP contribution >= 0.6 is 0 Å². The first-order chi connectivity index (χ1) is 15.1. The van der Waals surface area contributed by atoms with E-state index in [-0.39, 0.29) is 17.0 Å². The summed E-state index contributed by atoms with van der Waals surface area (Å²) >= 11 is 0. The van der Waals surface area contributed by atoms with Crippen LogP contribution in [0.4, 0.5) is 10.2 Å². The SMILES string of the molecule is CC(Nc1ncnc2cccnc12)c1cc2c(F)cccc2c(=O)n1-c1ccccc1. The summed E-state index contributed by atoms with van der Waals surface area (Å²) in [7, 11) is 0. The summed E-state index contributed by atoms with van der Waals surface area (Å²) in [5.41, 5.74) is 2.36. The minimum atomic E-state index is -0.433. The first kappa shape index (κ1) is 18.9. The van der Waals surface area contributed by atoms with Crippen molar-refractivity contribution in [1.29, 1.82) is 0 Å². The van der Waals surface area contributed by atoms with Gasteiger partial charge in [-0.3, -0.25) is 14.3 Å². The van der Waals surface area contributed by atoms with E-state index in [9.17, 15) is 9.18 Å². The highest BCUT2D eigenvalue weighted by molar-refractivity contribution is 5.85. The van der Waals surface area contributed by atoms with Crippen LogP contribution in [0.2, 0.25) is 0 Å². The Morgan fingerprint density at radius 1 is 0.935 bits per heavy atom. The van der Waals surface area contributed by atoms with Crippen LogP contribution in [0, 0.1) is 5.82 Å². The summed E-state index contributed by atoms with van der Waals surface area (Å²) in [4.78, 5) is 26.3. The molecule has 6 nitrogen and oxygen atoms in total. The molecule has 0 amide bonds. The van der Waals surface area contributed by atoms with Crippen LogP contribution < -0.4 is 10.9 Å². The number of pyridine rings is 2. The molecule has 0 aliphatic rings. The van der Waals surface area contributed by atoms with E-state index in [1.165, 1.54) is 12.4 Å². The Kier molecular flexibility index (Phi) is 4.63. The number of aromatic nitrogens is 4. The molecular weight excluding hydrogens is 393 g/mol. The lowest BCUT2D eigenvalue weighted by atomic mass is 10.1. The molecule has 152 valence electrons. The maximum atomic E-state index is 14.6. The highest BCUT2D eigenvalue weighted by atomic mass is 19.1. The topological polar surface area (TPSA) is 72.7 Å². The van der Waals surface area contributed by atoms with Crippen LogP contribution in [0.5, 0.6) is 0 Å². The van der Waals surface area contributed by atoms with Crippen molar-refractivity contribution >= 4 is 27.6 Å². The molecule has 3 aromatic heterocycles. The molecule has 0 aliphatic carbocycles. The number of halogens is 1. The molecule has 0 aliphatic heterocycles. The number of nitrogens with zero attached hydrogens (tertiary/aromatic N) is 4. The average Bonchev–Trinajstić information content (AvgIpc) is 2.80. The molecule has 0 saturated heterocycles. The smallest absolute Gasteiger partial charge is 0.263 e. The number of nitrogens with one attached hydrogen (secondary N) is 1. The Morgan fingerprint density at radius 2 is 1.77 bits per heavy atom.